The second-order valence-electron chi connectivity index (χ2n) is 25.0. The Morgan fingerprint density at radius 3 is 2.04 bits per heavy atom. The summed E-state index contributed by atoms with van der Waals surface area (Å²) in [5.74, 6) is 0.656. The van der Waals surface area contributed by atoms with Crippen LogP contribution in [0.2, 0.25) is 0 Å². The molecule has 0 amide bonds. The van der Waals surface area contributed by atoms with E-state index in [2.05, 4.69) is 37.5 Å². The largest absolute Gasteiger partial charge is 0.457 e. The molecule has 0 bridgehead atoms. The van der Waals surface area contributed by atoms with Gasteiger partial charge in [-0.05, 0) is 140 Å². The van der Waals surface area contributed by atoms with Gasteiger partial charge in [0.05, 0.1) is 41.8 Å². The minimum absolute atomic E-state index is 0.0258. The minimum Gasteiger partial charge on any atom is -0.457 e. The van der Waals surface area contributed by atoms with Gasteiger partial charge in [-0.2, -0.15) is 0 Å². The molecule has 0 N–H and O–H groups in total. The topological polar surface area (TPSA) is 33.5 Å². The molecular weight excluding hydrogens is 961 g/mol. The lowest BCUT2D eigenvalue weighted by Gasteiger charge is -2.42. The molecule has 0 spiro atoms. The second-order valence-corrected chi connectivity index (χ2v) is 25.0. The van der Waals surface area contributed by atoms with Crippen molar-refractivity contribution in [3.8, 4) is 50.7 Å². The smallest absolute Gasteiger partial charge is 0.137 e. The SMILES string of the molecule is [2H]c1c([2H])c2c(c([2H])c1-c1cccc(-c3c([2H])c([2H])c(C(C)(C)C)c([2H])c3C(C)(C)C)c1N1CN(c3cccc(Oc4ccc5c6c([2H])c([2H])c([2H])c([2H])c6n(-c6cc(C([2H])([2H])C(C)C)c(-c7ccccc7)cn6)c5c4)c3)c3ccccc31)C(C)(C)CCC2(C)C. The molecule has 0 fully saturated rings. The zero-order valence-corrected chi connectivity index (χ0v) is 47.5. The molecule has 0 saturated carbocycles. The average molecular weight is 1050 g/mol. The molecule has 10 aromatic rings. The van der Waals surface area contributed by atoms with E-state index >= 15 is 0 Å². The number of benzene rings is 8. The highest BCUT2D eigenvalue weighted by atomic mass is 16.5. The van der Waals surface area contributed by atoms with Gasteiger partial charge in [-0.25, -0.2) is 4.98 Å². The summed E-state index contributed by atoms with van der Waals surface area (Å²) in [5.41, 5.74) is 7.43. The van der Waals surface area contributed by atoms with Crippen LogP contribution in [-0.4, -0.2) is 16.2 Å². The van der Waals surface area contributed by atoms with Gasteiger partial charge in [0, 0.05) is 54.2 Å². The predicted molar refractivity (Wildman–Crippen MR) is 335 cm³/mol. The van der Waals surface area contributed by atoms with Gasteiger partial charge in [0.2, 0.25) is 0 Å². The molecule has 5 nitrogen and oxygen atoms in total. The number of pyridine rings is 1. The standard InChI is InChI=1S/C74H76N4O/c1-48(2)40-51-42-69(75-46-61(51)49-22-14-13-15-23-49)78-65-29-17-16-26-58(65)59-36-34-55(45-68(59)78)79-54-25-20-24-53(44-54)76-47-77(67-31-19-18-30-66(67)76)70-56(50-32-37-62-64(41-50)74(11,12)39-38-73(62,9)10)27-21-28-60(70)57-35-33-52(71(3,4)5)43-63(57)72(6,7)8/h13-37,41-46,48H,38-40,47H2,1-12H3/i16D,17D,26D,29D,32D,33D,35D,37D,40D2,41D,43D. The Morgan fingerprint density at radius 1 is 0.595 bits per heavy atom. The third-order valence-corrected chi connectivity index (χ3v) is 15.8. The fourth-order valence-electron chi connectivity index (χ4n) is 11.5. The van der Waals surface area contributed by atoms with E-state index in [0.29, 0.717) is 72.6 Å². The van der Waals surface area contributed by atoms with E-state index in [1.807, 2.05) is 152 Å². The number of anilines is 4. The van der Waals surface area contributed by atoms with Gasteiger partial charge in [-0.3, -0.25) is 4.57 Å². The van der Waals surface area contributed by atoms with Crippen molar-refractivity contribution < 1.29 is 21.2 Å². The zero-order valence-electron chi connectivity index (χ0n) is 59.5. The first kappa shape index (κ1) is 39.5. The number of aromatic nitrogens is 2. The van der Waals surface area contributed by atoms with Gasteiger partial charge in [0.1, 0.15) is 24.0 Å². The summed E-state index contributed by atoms with van der Waals surface area (Å²) in [6.45, 7) is 24.3. The van der Waals surface area contributed by atoms with Crippen LogP contribution in [0.15, 0.2) is 188 Å². The molecule has 2 aromatic heterocycles. The normalized spacial score (nSPS) is 17.3. The Kier molecular flexibility index (Phi) is 9.73. The highest BCUT2D eigenvalue weighted by molar-refractivity contribution is 6.09. The molecule has 1 aliphatic heterocycles. The molecule has 3 heterocycles. The van der Waals surface area contributed by atoms with Crippen molar-refractivity contribution in [2.45, 2.75) is 124 Å². The molecule has 5 heteroatoms. The number of para-hydroxylation sites is 4. The highest BCUT2D eigenvalue weighted by Crippen LogP contribution is 2.54. The van der Waals surface area contributed by atoms with Crippen LogP contribution in [0.5, 0.6) is 11.5 Å². The Morgan fingerprint density at radius 2 is 1.29 bits per heavy atom. The highest BCUT2D eigenvalue weighted by Gasteiger charge is 2.38. The van der Waals surface area contributed by atoms with Crippen LogP contribution in [0, 0.1) is 5.92 Å². The third kappa shape index (κ3) is 9.49. The number of fused-ring (bicyclic) bond motifs is 5. The van der Waals surface area contributed by atoms with Crippen LogP contribution in [0.25, 0.3) is 61.0 Å². The summed E-state index contributed by atoms with van der Waals surface area (Å²) < 4.78 is 123. The molecule has 12 rings (SSSR count). The van der Waals surface area contributed by atoms with Gasteiger partial charge >= 0.3 is 0 Å². The molecule has 8 aromatic carbocycles. The predicted octanol–water partition coefficient (Wildman–Crippen LogP) is 20.4. The third-order valence-electron chi connectivity index (χ3n) is 15.8. The van der Waals surface area contributed by atoms with Crippen LogP contribution < -0.4 is 14.5 Å². The Labute approximate surface area is 486 Å². The summed E-state index contributed by atoms with van der Waals surface area (Å²) in [4.78, 5) is 9.21. The molecular formula is C74H76N4O. The average Bonchev–Trinajstić information content (AvgIpc) is 1.66. The Hall–Kier alpha value is -7.89. The molecule has 0 unspecified atom stereocenters. The van der Waals surface area contributed by atoms with Crippen LogP contribution in [0.3, 0.4) is 0 Å². The van der Waals surface area contributed by atoms with Gasteiger partial charge < -0.3 is 14.5 Å². The van der Waals surface area contributed by atoms with Crippen molar-refractivity contribution in [2.24, 2.45) is 5.92 Å². The second kappa shape index (κ2) is 19.5. The maximum atomic E-state index is 10.3. The van der Waals surface area contributed by atoms with Crippen molar-refractivity contribution in [3.63, 3.8) is 0 Å². The van der Waals surface area contributed by atoms with Crippen molar-refractivity contribution in [3.05, 3.63) is 216 Å². The van der Waals surface area contributed by atoms with E-state index in [-0.39, 0.29) is 77.8 Å². The van der Waals surface area contributed by atoms with Gasteiger partial charge in [0.25, 0.3) is 0 Å². The summed E-state index contributed by atoms with van der Waals surface area (Å²) in [6.07, 6.45) is 1.39. The Bertz CT molecular complexity index is 4650. The summed E-state index contributed by atoms with van der Waals surface area (Å²) in [5, 5.41) is 0.804. The number of ether oxygens (including phenoxy) is 1. The van der Waals surface area contributed by atoms with Crippen LogP contribution in [0.4, 0.5) is 22.7 Å². The fraction of sp³-hybridized carbons (Fsp3) is 0.284. The van der Waals surface area contributed by atoms with Gasteiger partial charge in [-0.15, -0.1) is 0 Å². The lowest BCUT2D eigenvalue weighted by molar-refractivity contribution is 0.332. The monoisotopic (exact) mass is 1050 g/mol. The molecule has 79 heavy (non-hydrogen) atoms. The van der Waals surface area contributed by atoms with E-state index in [4.69, 9.17) is 12.5 Å². The molecule has 0 radical (unpaired) electrons. The lowest BCUT2D eigenvalue weighted by atomic mass is 9.63. The van der Waals surface area contributed by atoms with E-state index < -0.39 is 40.0 Å². The van der Waals surface area contributed by atoms with Crippen molar-refractivity contribution in [1.29, 1.82) is 0 Å². The van der Waals surface area contributed by atoms with Crippen LogP contribution >= 0.6 is 0 Å². The maximum Gasteiger partial charge on any atom is 0.137 e. The first-order chi connectivity index (χ1) is 42.7. The summed E-state index contributed by atoms with van der Waals surface area (Å²) in [7, 11) is 0. The molecule has 0 saturated heterocycles. The minimum atomic E-state index is -1.84. The first-order valence-corrected chi connectivity index (χ1v) is 27.6. The Balaban J connectivity index is 1.03. The fourth-order valence-corrected chi connectivity index (χ4v) is 11.5. The van der Waals surface area contributed by atoms with Crippen LogP contribution in [-0.2, 0) is 28.0 Å². The summed E-state index contributed by atoms with van der Waals surface area (Å²) >= 11 is 0. The van der Waals surface area contributed by atoms with E-state index in [1.165, 1.54) is 0 Å². The first-order valence-electron chi connectivity index (χ1n) is 33.6. The maximum absolute atomic E-state index is 10.3. The number of hydrogen-bond donors (Lipinski definition) is 0. The molecule has 398 valence electrons. The summed E-state index contributed by atoms with van der Waals surface area (Å²) in [6, 6.07) is 36.9. The quantitative estimate of drug-likeness (QED) is 0.137. The van der Waals surface area contributed by atoms with E-state index in [0.717, 1.165) is 46.6 Å². The number of hydrogen-bond acceptors (Lipinski definition) is 4. The number of rotatable bonds is 10. The zero-order chi connectivity index (χ0) is 65.7. The molecule has 0 atom stereocenters. The van der Waals surface area contributed by atoms with Crippen molar-refractivity contribution in [2.75, 3.05) is 16.5 Å². The van der Waals surface area contributed by atoms with Crippen molar-refractivity contribution >= 4 is 44.6 Å². The van der Waals surface area contributed by atoms with E-state index in [1.54, 1.807) is 35.0 Å². The van der Waals surface area contributed by atoms with Gasteiger partial charge in [0.15, 0.2) is 0 Å². The molecule has 1 aliphatic carbocycles. The van der Waals surface area contributed by atoms with Crippen molar-refractivity contribution in [1.82, 2.24) is 9.55 Å². The van der Waals surface area contributed by atoms with Gasteiger partial charge in [-0.1, -0.05) is 204 Å². The lowest BCUT2D eigenvalue weighted by Crippen LogP contribution is -2.33. The van der Waals surface area contributed by atoms with Crippen LogP contribution in [0.1, 0.15) is 140 Å². The number of nitrogens with zero attached hydrogens (tertiary/aromatic N) is 4. The molecule has 2 aliphatic rings. The van der Waals surface area contributed by atoms with E-state index in [9.17, 15) is 13.7 Å².